The van der Waals surface area contributed by atoms with Crippen molar-refractivity contribution in [3.63, 3.8) is 0 Å². The van der Waals surface area contributed by atoms with E-state index in [2.05, 4.69) is 70.8 Å². The topological polar surface area (TPSA) is 52.6 Å². The van der Waals surface area contributed by atoms with E-state index < -0.39 is 0 Å². The van der Waals surface area contributed by atoms with Gasteiger partial charge in [0.2, 0.25) is 0 Å². The van der Waals surface area contributed by atoms with E-state index in [1.165, 1.54) is 16.1 Å². The van der Waals surface area contributed by atoms with Gasteiger partial charge in [-0.15, -0.1) is 11.3 Å². The van der Waals surface area contributed by atoms with Crippen LogP contribution in [0.3, 0.4) is 0 Å². The molecule has 1 aromatic heterocycles. The molecule has 0 aliphatic carbocycles. The maximum Gasteiger partial charge on any atom is 0.191 e. The van der Waals surface area contributed by atoms with Gasteiger partial charge in [0, 0.05) is 57.4 Å². The number of hydrogen-bond donors (Lipinski definition) is 2. The van der Waals surface area contributed by atoms with Crippen LogP contribution in [0.5, 0.6) is 0 Å². The third-order valence-electron chi connectivity index (χ3n) is 3.68. The van der Waals surface area contributed by atoms with Gasteiger partial charge in [-0.25, -0.2) is 4.98 Å². The van der Waals surface area contributed by atoms with Crippen LogP contribution in [-0.2, 0) is 12.8 Å². The molecule has 0 unspecified atom stereocenters. The van der Waals surface area contributed by atoms with Crippen LogP contribution in [0.25, 0.3) is 0 Å². The van der Waals surface area contributed by atoms with Crippen molar-refractivity contribution in [1.82, 2.24) is 15.6 Å². The molecule has 0 bridgehead atoms. The van der Waals surface area contributed by atoms with Crippen molar-refractivity contribution in [2.75, 3.05) is 39.1 Å². The minimum atomic E-state index is 0.837. The van der Waals surface area contributed by atoms with Crippen molar-refractivity contribution >= 4 is 23.0 Å². The Hall–Kier alpha value is -2.08. The van der Waals surface area contributed by atoms with Crippen LogP contribution in [0.4, 0.5) is 5.69 Å². The molecule has 0 spiro atoms. The largest absolute Gasteiger partial charge is 0.378 e. The molecule has 2 aromatic rings. The predicted molar refractivity (Wildman–Crippen MR) is 104 cm³/mol. The lowest BCUT2D eigenvalue weighted by atomic mass is 10.1. The molecular formula is C18H27N5S. The molecule has 24 heavy (non-hydrogen) atoms. The van der Waals surface area contributed by atoms with Gasteiger partial charge < -0.3 is 15.5 Å². The zero-order chi connectivity index (χ0) is 17.4. The Balaban J connectivity index is 1.69. The van der Waals surface area contributed by atoms with E-state index in [-0.39, 0.29) is 0 Å². The van der Waals surface area contributed by atoms with Crippen LogP contribution < -0.4 is 15.5 Å². The highest BCUT2D eigenvalue weighted by atomic mass is 32.1. The fraction of sp³-hybridized carbons (Fsp3) is 0.444. The second kappa shape index (κ2) is 9.27. The SMILES string of the molecule is CN=C(NCCc1ccc(N(C)C)cc1)NCCc1ncc(C)s1. The van der Waals surface area contributed by atoms with E-state index in [4.69, 9.17) is 0 Å². The minimum absolute atomic E-state index is 0.837. The van der Waals surface area contributed by atoms with Crippen LogP contribution in [0.1, 0.15) is 15.4 Å². The summed E-state index contributed by atoms with van der Waals surface area (Å²) in [5.74, 6) is 0.841. The lowest BCUT2D eigenvalue weighted by molar-refractivity contribution is 0.782. The molecule has 0 atom stereocenters. The third kappa shape index (κ3) is 5.85. The van der Waals surface area contributed by atoms with E-state index in [9.17, 15) is 0 Å². The number of nitrogens with one attached hydrogen (secondary N) is 2. The van der Waals surface area contributed by atoms with Gasteiger partial charge in [0.05, 0.1) is 5.01 Å². The number of aryl methyl sites for hydroxylation is 1. The van der Waals surface area contributed by atoms with Gasteiger partial charge in [0.1, 0.15) is 0 Å². The first kappa shape index (κ1) is 18.3. The highest BCUT2D eigenvalue weighted by molar-refractivity contribution is 7.11. The summed E-state index contributed by atoms with van der Waals surface area (Å²) < 4.78 is 0. The molecule has 6 heteroatoms. The Kier molecular flexibility index (Phi) is 7.06. The molecule has 0 saturated carbocycles. The molecule has 0 saturated heterocycles. The minimum Gasteiger partial charge on any atom is -0.378 e. The maximum absolute atomic E-state index is 4.37. The average molecular weight is 346 g/mol. The first-order chi connectivity index (χ1) is 11.6. The molecular weight excluding hydrogens is 318 g/mol. The number of thiazole rings is 1. The number of hydrogen-bond acceptors (Lipinski definition) is 4. The van der Waals surface area contributed by atoms with Crippen LogP contribution in [0, 0.1) is 6.92 Å². The quantitative estimate of drug-likeness (QED) is 0.598. The molecule has 2 rings (SSSR count). The number of nitrogens with zero attached hydrogens (tertiary/aromatic N) is 3. The van der Waals surface area contributed by atoms with Crippen molar-refractivity contribution in [2.24, 2.45) is 4.99 Å². The standard InChI is InChI=1S/C18H27N5S/c1-14-13-22-17(24-14)10-12-21-18(19-2)20-11-9-15-5-7-16(8-6-15)23(3)4/h5-8,13H,9-12H2,1-4H3,(H2,19,20,21). The first-order valence-corrected chi connectivity index (χ1v) is 9.02. The summed E-state index contributed by atoms with van der Waals surface area (Å²) in [5, 5.41) is 7.86. The molecule has 0 radical (unpaired) electrons. The highest BCUT2D eigenvalue weighted by Gasteiger charge is 2.01. The Labute approximate surface area is 148 Å². The van der Waals surface area contributed by atoms with Gasteiger partial charge in [-0.1, -0.05) is 12.1 Å². The van der Waals surface area contributed by atoms with Crippen molar-refractivity contribution in [3.8, 4) is 0 Å². The van der Waals surface area contributed by atoms with Gasteiger partial charge in [0.25, 0.3) is 0 Å². The smallest absolute Gasteiger partial charge is 0.191 e. The fourth-order valence-corrected chi connectivity index (χ4v) is 3.10. The van der Waals surface area contributed by atoms with Crippen molar-refractivity contribution in [1.29, 1.82) is 0 Å². The molecule has 1 aromatic carbocycles. The highest BCUT2D eigenvalue weighted by Crippen LogP contribution is 2.12. The number of benzene rings is 1. The van der Waals surface area contributed by atoms with Gasteiger partial charge >= 0.3 is 0 Å². The summed E-state index contributed by atoms with van der Waals surface area (Å²) in [5.41, 5.74) is 2.54. The molecule has 5 nitrogen and oxygen atoms in total. The number of aliphatic imine (C=N–C) groups is 1. The van der Waals surface area contributed by atoms with E-state index in [0.29, 0.717) is 0 Å². The molecule has 2 N–H and O–H groups in total. The lowest BCUT2D eigenvalue weighted by Crippen LogP contribution is -2.39. The Morgan fingerprint density at radius 1 is 1.12 bits per heavy atom. The third-order valence-corrected chi connectivity index (χ3v) is 4.66. The van der Waals surface area contributed by atoms with Crippen LogP contribution >= 0.6 is 11.3 Å². The predicted octanol–water partition coefficient (Wildman–Crippen LogP) is 2.47. The Morgan fingerprint density at radius 2 is 1.79 bits per heavy atom. The Bertz CT molecular complexity index is 646. The van der Waals surface area contributed by atoms with Gasteiger partial charge in [-0.2, -0.15) is 0 Å². The second-order valence-electron chi connectivity index (χ2n) is 5.85. The van der Waals surface area contributed by atoms with E-state index in [0.717, 1.165) is 36.9 Å². The van der Waals surface area contributed by atoms with E-state index >= 15 is 0 Å². The summed E-state index contributed by atoms with van der Waals surface area (Å²) >= 11 is 1.75. The molecule has 130 valence electrons. The summed E-state index contributed by atoms with van der Waals surface area (Å²) in [6, 6.07) is 8.66. The summed E-state index contributed by atoms with van der Waals surface area (Å²) in [6.07, 6.45) is 3.82. The average Bonchev–Trinajstić information content (AvgIpc) is 2.99. The number of rotatable bonds is 7. The molecule has 0 aliphatic heterocycles. The first-order valence-electron chi connectivity index (χ1n) is 8.20. The van der Waals surface area contributed by atoms with Gasteiger partial charge in [-0.05, 0) is 31.0 Å². The Morgan fingerprint density at radius 3 is 2.33 bits per heavy atom. The summed E-state index contributed by atoms with van der Waals surface area (Å²) in [4.78, 5) is 12.0. The number of aromatic nitrogens is 1. The monoisotopic (exact) mass is 345 g/mol. The van der Waals surface area contributed by atoms with Crippen molar-refractivity contribution in [3.05, 3.63) is 45.9 Å². The number of guanidine groups is 1. The normalized spacial score (nSPS) is 11.4. The zero-order valence-corrected chi connectivity index (χ0v) is 15.8. The van der Waals surface area contributed by atoms with Crippen LogP contribution in [0.15, 0.2) is 35.5 Å². The van der Waals surface area contributed by atoms with Crippen LogP contribution in [0.2, 0.25) is 0 Å². The summed E-state index contributed by atoms with van der Waals surface area (Å²) in [6.45, 7) is 3.78. The molecule has 0 fully saturated rings. The van der Waals surface area contributed by atoms with E-state index in [1.807, 2.05) is 6.20 Å². The summed E-state index contributed by atoms with van der Waals surface area (Å²) in [7, 11) is 5.91. The zero-order valence-electron chi connectivity index (χ0n) is 15.0. The second-order valence-corrected chi connectivity index (χ2v) is 7.17. The maximum atomic E-state index is 4.37. The van der Waals surface area contributed by atoms with Crippen molar-refractivity contribution in [2.45, 2.75) is 19.8 Å². The molecule has 0 amide bonds. The van der Waals surface area contributed by atoms with Crippen molar-refractivity contribution < 1.29 is 0 Å². The molecule has 1 heterocycles. The number of anilines is 1. The lowest BCUT2D eigenvalue weighted by Gasteiger charge is -2.13. The van der Waals surface area contributed by atoms with Crippen LogP contribution in [-0.4, -0.2) is 45.2 Å². The van der Waals surface area contributed by atoms with Gasteiger partial charge in [0.15, 0.2) is 5.96 Å². The fourth-order valence-electron chi connectivity index (χ4n) is 2.31. The van der Waals surface area contributed by atoms with E-state index in [1.54, 1.807) is 18.4 Å². The van der Waals surface area contributed by atoms with Gasteiger partial charge in [-0.3, -0.25) is 4.99 Å². The molecule has 0 aliphatic rings.